The average molecular weight is 436 g/mol. The van der Waals surface area contributed by atoms with Crippen LogP contribution in [0.3, 0.4) is 0 Å². The summed E-state index contributed by atoms with van der Waals surface area (Å²) >= 11 is 6.17. The third-order valence-corrected chi connectivity index (χ3v) is 7.18. The highest BCUT2D eigenvalue weighted by atomic mass is 35.5. The number of halogens is 1. The van der Waals surface area contributed by atoms with Crippen molar-refractivity contribution in [3.05, 3.63) is 58.2 Å². The Labute approximate surface area is 189 Å². The third kappa shape index (κ3) is 4.24. The molecule has 0 amide bonds. The monoisotopic (exact) mass is 435 g/mol. The molecule has 2 aliphatic rings. The number of rotatable bonds is 4. The number of hydrogen-bond donors (Lipinski definition) is 2. The summed E-state index contributed by atoms with van der Waals surface area (Å²) in [6, 6.07) is 10.0. The van der Waals surface area contributed by atoms with Crippen molar-refractivity contribution in [2.24, 2.45) is 5.92 Å². The minimum absolute atomic E-state index is 0.519. The van der Waals surface area contributed by atoms with E-state index in [0.717, 1.165) is 84.6 Å². The number of fused-ring (bicyclic) bond motifs is 2. The molecule has 0 saturated carbocycles. The fourth-order valence-electron chi connectivity index (χ4n) is 5.06. The molecule has 1 aliphatic carbocycles. The molecule has 2 aromatic carbocycles. The van der Waals surface area contributed by atoms with Crippen LogP contribution in [-0.4, -0.2) is 28.1 Å². The Morgan fingerprint density at radius 1 is 1.06 bits per heavy atom. The van der Waals surface area contributed by atoms with Crippen LogP contribution in [-0.2, 0) is 19.4 Å². The van der Waals surface area contributed by atoms with Crippen molar-refractivity contribution in [1.82, 2.24) is 9.88 Å². The first kappa shape index (κ1) is 20.6. The van der Waals surface area contributed by atoms with Crippen molar-refractivity contribution in [3.63, 3.8) is 0 Å². The lowest BCUT2D eigenvalue weighted by atomic mass is 9.87. The van der Waals surface area contributed by atoms with E-state index < -0.39 is 0 Å². The number of anilines is 2. The number of likely N-dealkylation sites (tertiary alicyclic amines) is 1. The van der Waals surface area contributed by atoms with Gasteiger partial charge in [-0.15, -0.1) is 0 Å². The van der Waals surface area contributed by atoms with E-state index in [1.807, 2.05) is 30.5 Å². The molecule has 1 saturated heterocycles. The molecule has 0 radical (unpaired) electrons. The third-order valence-electron chi connectivity index (χ3n) is 6.95. The Kier molecular flexibility index (Phi) is 5.77. The summed E-state index contributed by atoms with van der Waals surface area (Å²) in [5.74, 6) is 1.32. The summed E-state index contributed by atoms with van der Waals surface area (Å²) in [4.78, 5) is 6.96. The number of aromatic nitrogens is 1. The van der Waals surface area contributed by atoms with E-state index in [0.29, 0.717) is 10.8 Å². The number of aromatic hydroxyl groups is 1. The molecular weight excluding hydrogens is 406 g/mol. The van der Waals surface area contributed by atoms with E-state index in [1.54, 1.807) is 0 Å². The number of phenolic OH excluding ortho intramolecular Hbond substituents is 1. The van der Waals surface area contributed by atoms with Gasteiger partial charge in [-0.1, -0.05) is 18.5 Å². The molecule has 1 aromatic heterocycles. The molecule has 162 valence electrons. The second-order valence-corrected chi connectivity index (χ2v) is 9.64. The van der Waals surface area contributed by atoms with Gasteiger partial charge in [-0.3, -0.25) is 9.88 Å². The molecular formula is C26H30ClN3O. The lowest BCUT2D eigenvalue weighted by molar-refractivity contribution is 0.183. The van der Waals surface area contributed by atoms with Gasteiger partial charge in [0.1, 0.15) is 5.75 Å². The second kappa shape index (κ2) is 8.68. The quantitative estimate of drug-likeness (QED) is 0.462. The molecule has 0 spiro atoms. The van der Waals surface area contributed by atoms with E-state index in [1.165, 1.54) is 18.4 Å². The Balaban J connectivity index is 1.52. The molecule has 3 aromatic rings. The first-order valence-corrected chi connectivity index (χ1v) is 11.9. The van der Waals surface area contributed by atoms with Crippen LogP contribution < -0.4 is 5.32 Å². The van der Waals surface area contributed by atoms with Crippen LogP contribution in [0.2, 0.25) is 5.02 Å². The molecule has 5 heteroatoms. The van der Waals surface area contributed by atoms with Gasteiger partial charge in [-0.05, 0) is 99.0 Å². The molecule has 1 fully saturated rings. The van der Waals surface area contributed by atoms with Crippen molar-refractivity contribution in [1.29, 1.82) is 0 Å². The molecule has 2 heterocycles. The predicted octanol–water partition coefficient (Wildman–Crippen LogP) is 6.45. The lowest BCUT2D eigenvalue weighted by Crippen LogP contribution is -2.32. The molecule has 2 N–H and O–H groups in total. The smallest absolute Gasteiger partial charge is 0.123 e. The van der Waals surface area contributed by atoms with Crippen molar-refractivity contribution < 1.29 is 5.11 Å². The van der Waals surface area contributed by atoms with Crippen LogP contribution in [0, 0.1) is 5.92 Å². The Morgan fingerprint density at radius 3 is 2.65 bits per heavy atom. The van der Waals surface area contributed by atoms with Gasteiger partial charge in [0, 0.05) is 40.1 Å². The minimum atomic E-state index is 0.519. The van der Waals surface area contributed by atoms with Crippen molar-refractivity contribution in [2.45, 2.75) is 52.0 Å². The van der Waals surface area contributed by atoms with Gasteiger partial charge in [-0.25, -0.2) is 0 Å². The van der Waals surface area contributed by atoms with E-state index >= 15 is 0 Å². The zero-order valence-corrected chi connectivity index (χ0v) is 18.9. The summed E-state index contributed by atoms with van der Waals surface area (Å²) in [6.07, 6.45) is 8.56. The normalized spacial score (nSPS) is 17.6. The molecule has 0 unspecified atom stereocenters. The van der Waals surface area contributed by atoms with E-state index in [2.05, 4.69) is 28.2 Å². The molecule has 31 heavy (non-hydrogen) atoms. The van der Waals surface area contributed by atoms with Gasteiger partial charge in [0.25, 0.3) is 0 Å². The standard InChI is InChI=1S/C26H30ClN3O/c1-17-9-12-30(13-10-17)16-18-14-25(20-4-2-3-5-21(20)26(18)31)29-23-8-11-28-24-15-19(27)6-7-22(23)24/h6-8,11,14-15,17,31H,2-5,9-10,12-13,16H2,1H3,(H,28,29). The number of piperidine rings is 1. The van der Waals surface area contributed by atoms with Crippen LogP contribution in [0.1, 0.15) is 49.3 Å². The fraction of sp³-hybridized carbons (Fsp3) is 0.423. The highest BCUT2D eigenvalue weighted by Crippen LogP contribution is 2.40. The predicted molar refractivity (Wildman–Crippen MR) is 128 cm³/mol. The van der Waals surface area contributed by atoms with Gasteiger partial charge in [0.2, 0.25) is 0 Å². The molecule has 4 nitrogen and oxygen atoms in total. The Morgan fingerprint density at radius 2 is 1.84 bits per heavy atom. The van der Waals surface area contributed by atoms with Gasteiger partial charge in [0.15, 0.2) is 0 Å². The number of nitrogens with one attached hydrogen (secondary N) is 1. The zero-order valence-electron chi connectivity index (χ0n) is 18.1. The number of pyridine rings is 1. The van der Waals surface area contributed by atoms with Crippen LogP contribution in [0.25, 0.3) is 10.9 Å². The maximum absolute atomic E-state index is 11.1. The van der Waals surface area contributed by atoms with Gasteiger partial charge < -0.3 is 10.4 Å². The maximum atomic E-state index is 11.1. The topological polar surface area (TPSA) is 48.4 Å². The summed E-state index contributed by atoms with van der Waals surface area (Å²) in [7, 11) is 0. The van der Waals surface area contributed by atoms with E-state index in [-0.39, 0.29) is 0 Å². The zero-order chi connectivity index (χ0) is 21.4. The molecule has 0 bridgehead atoms. The first-order valence-electron chi connectivity index (χ1n) is 11.5. The lowest BCUT2D eigenvalue weighted by Gasteiger charge is -2.31. The maximum Gasteiger partial charge on any atom is 0.123 e. The SMILES string of the molecule is CC1CCN(Cc2cc(Nc3ccnc4cc(Cl)ccc34)c3c(c2O)CCCC3)CC1. The van der Waals surface area contributed by atoms with Crippen LogP contribution >= 0.6 is 11.6 Å². The number of benzene rings is 2. The van der Waals surface area contributed by atoms with Crippen LogP contribution in [0.4, 0.5) is 11.4 Å². The highest BCUT2D eigenvalue weighted by Gasteiger charge is 2.23. The molecule has 0 atom stereocenters. The number of nitrogens with zero attached hydrogens (tertiary/aromatic N) is 2. The van der Waals surface area contributed by atoms with Gasteiger partial charge in [0.05, 0.1) is 5.52 Å². The Bertz CT molecular complexity index is 1110. The largest absolute Gasteiger partial charge is 0.507 e. The van der Waals surface area contributed by atoms with Gasteiger partial charge in [-0.2, -0.15) is 0 Å². The summed E-state index contributed by atoms with van der Waals surface area (Å²) in [5, 5.41) is 16.6. The summed E-state index contributed by atoms with van der Waals surface area (Å²) in [6.45, 7) is 5.36. The van der Waals surface area contributed by atoms with Crippen LogP contribution in [0.5, 0.6) is 5.75 Å². The minimum Gasteiger partial charge on any atom is -0.507 e. The fourth-order valence-corrected chi connectivity index (χ4v) is 5.22. The van der Waals surface area contributed by atoms with E-state index in [9.17, 15) is 5.11 Å². The summed E-state index contributed by atoms with van der Waals surface area (Å²) in [5.41, 5.74) is 6.47. The van der Waals surface area contributed by atoms with Crippen LogP contribution in [0.15, 0.2) is 36.5 Å². The number of hydrogen-bond acceptors (Lipinski definition) is 4. The Hall–Kier alpha value is -2.30. The summed E-state index contributed by atoms with van der Waals surface area (Å²) < 4.78 is 0. The average Bonchev–Trinajstić information content (AvgIpc) is 2.78. The van der Waals surface area contributed by atoms with Gasteiger partial charge >= 0.3 is 0 Å². The van der Waals surface area contributed by atoms with Crippen molar-refractivity contribution >= 4 is 33.9 Å². The van der Waals surface area contributed by atoms with Crippen molar-refractivity contribution in [2.75, 3.05) is 18.4 Å². The highest BCUT2D eigenvalue weighted by molar-refractivity contribution is 6.31. The van der Waals surface area contributed by atoms with Crippen molar-refractivity contribution in [3.8, 4) is 5.75 Å². The first-order chi connectivity index (χ1) is 15.1. The molecule has 5 rings (SSSR count). The second-order valence-electron chi connectivity index (χ2n) is 9.20. The number of phenols is 1. The molecule has 1 aliphatic heterocycles. The van der Waals surface area contributed by atoms with E-state index in [4.69, 9.17) is 11.6 Å².